The van der Waals surface area contributed by atoms with E-state index in [0.717, 1.165) is 23.8 Å². The molecular formula is C18H20ClF2N3O. The number of anilines is 1. The van der Waals surface area contributed by atoms with Crippen LogP contribution in [-0.2, 0) is 4.79 Å². The standard InChI is InChI=1S/C18H19F2N3O.ClH/c19-13-6-14(20)8-15(7-13)22-18(24)11-23-9-16(17(21)10-23)12-4-2-1-3-5-12;/h1-8,16-17H,9-11,21H2,(H,22,24);1H/t16-,17+;/m0./s1. The fourth-order valence-electron chi connectivity index (χ4n) is 3.13. The zero-order valence-corrected chi connectivity index (χ0v) is 14.3. The quantitative estimate of drug-likeness (QED) is 0.873. The van der Waals surface area contributed by atoms with Crippen molar-refractivity contribution in [2.75, 3.05) is 25.0 Å². The topological polar surface area (TPSA) is 58.4 Å². The number of carbonyl (C=O) groups is 1. The van der Waals surface area contributed by atoms with E-state index in [4.69, 9.17) is 5.73 Å². The van der Waals surface area contributed by atoms with Crippen molar-refractivity contribution >= 4 is 24.0 Å². The first kappa shape index (κ1) is 19.3. The number of likely N-dealkylation sites (tertiary alicyclic amines) is 1. The zero-order chi connectivity index (χ0) is 17.1. The van der Waals surface area contributed by atoms with Gasteiger partial charge in [0.05, 0.1) is 6.54 Å². The van der Waals surface area contributed by atoms with Crippen LogP contribution in [0.1, 0.15) is 11.5 Å². The highest BCUT2D eigenvalue weighted by atomic mass is 35.5. The summed E-state index contributed by atoms with van der Waals surface area (Å²) in [7, 11) is 0. The highest BCUT2D eigenvalue weighted by Gasteiger charge is 2.31. The molecule has 1 aliphatic rings. The van der Waals surface area contributed by atoms with E-state index in [0.29, 0.717) is 13.1 Å². The van der Waals surface area contributed by atoms with Gasteiger partial charge in [-0.3, -0.25) is 9.69 Å². The summed E-state index contributed by atoms with van der Waals surface area (Å²) >= 11 is 0. The lowest BCUT2D eigenvalue weighted by Crippen LogP contribution is -2.33. The molecule has 0 radical (unpaired) electrons. The minimum absolute atomic E-state index is 0. The molecule has 2 atom stereocenters. The van der Waals surface area contributed by atoms with E-state index in [2.05, 4.69) is 5.32 Å². The molecule has 2 aromatic rings. The molecule has 1 saturated heterocycles. The molecule has 25 heavy (non-hydrogen) atoms. The minimum Gasteiger partial charge on any atom is -0.326 e. The predicted molar refractivity (Wildman–Crippen MR) is 95.8 cm³/mol. The molecule has 0 aromatic heterocycles. The van der Waals surface area contributed by atoms with Gasteiger partial charge in [0.25, 0.3) is 0 Å². The Morgan fingerprint density at radius 3 is 2.40 bits per heavy atom. The van der Waals surface area contributed by atoms with Gasteiger partial charge in [-0.2, -0.15) is 0 Å². The summed E-state index contributed by atoms with van der Waals surface area (Å²) in [5, 5.41) is 2.52. The van der Waals surface area contributed by atoms with Crippen LogP contribution < -0.4 is 11.1 Å². The molecule has 1 amide bonds. The van der Waals surface area contributed by atoms with Gasteiger partial charge in [0, 0.05) is 36.8 Å². The SMILES string of the molecule is Cl.N[C@@H]1CN(CC(=O)Nc2cc(F)cc(F)c2)C[C@H]1c1ccccc1. The lowest BCUT2D eigenvalue weighted by atomic mass is 9.95. The second-order valence-electron chi connectivity index (χ2n) is 6.08. The number of nitrogens with zero attached hydrogens (tertiary/aromatic N) is 1. The van der Waals surface area contributed by atoms with Crippen LogP contribution in [0.15, 0.2) is 48.5 Å². The maximum Gasteiger partial charge on any atom is 0.238 e. The molecule has 0 bridgehead atoms. The Kier molecular flexibility index (Phi) is 6.47. The van der Waals surface area contributed by atoms with Crippen LogP contribution in [0, 0.1) is 11.6 Å². The van der Waals surface area contributed by atoms with Crippen molar-refractivity contribution in [3.05, 3.63) is 65.7 Å². The summed E-state index contributed by atoms with van der Waals surface area (Å²) in [6.07, 6.45) is 0. The van der Waals surface area contributed by atoms with Crippen LogP contribution >= 0.6 is 12.4 Å². The fourth-order valence-corrected chi connectivity index (χ4v) is 3.13. The maximum absolute atomic E-state index is 13.2. The average molecular weight is 368 g/mol. The molecule has 1 fully saturated rings. The first-order chi connectivity index (χ1) is 11.5. The van der Waals surface area contributed by atoms with E-state index in [1.807, 2.05) is 35.2 Å². The Hall–Kier alpha value is -2.02. The molecule has 0 unspecified atom stereocenters. The molecule has 3 N–H and O–H groups in total. The van der Waals surface area contributed by atoms with Gasteiger partial charge >= 0.3 is 0 Å². The molecule has 1 heterocycles. The van der Waals surface area contributed by atoms with Crippen molar-refractivity contribution in [2.45, 2.75) is 12.0 Å². The zero-order valence-electron chi connectivity index (χ0n) is 13.5. The number of carbonyl (C=O) groups excluding carboxylic acids is 1. The third-order valence-corrected chi connectivity index (χ3v) is 4.18. The lowest BCUT2D eigenvalue weighted by molar-refractivity contribution is -0.117. The third kappa shape index (κ3) is 4.98. The monoisotopic (exact) mass is 367 g/mol. The van der Waals surface area contributed by atoms with Crippen LogP contribution in [0.25, 0.3) is 0 Å². The van der Waals surface area contributed by atoms with Gasteiger partial charge in [-0.15, -0.1) is 12.4 Å². The van der Waals surface area contributed by atoms with E-state index in [1.54, 1.807) is 0 Å². The Morgan fingerprint density at radius 2 is 1.76 bits per heavy atom. The maximum atomic E-state index is 13.2. The van der Waals surface area contributed by atoms with Gasteiger partial charge in [0.15, 0.2) is 0 Å². The highest BCUT2D eigenvalue weighted by molar-refractivity contribution is 5.92. The minimum atomic E-state index is -0.724. The van der Waals surface area contributed by atoms with Gasteiger partial charge in [-0.05, 0) is 17.7 Å². The number of hydrogen-bond acceptors (Lipinski definition) is 3. The van der Waals surface area contributed by atoms with E-state index >= 15 is 0 Å². The van der Waals surface area contributed by atoms with Crippen molar-refractivity contribution in [1.82, 2.24) is 4.90 Å². The van der Waals surface area contributed by atoms with Crippen LogP contribution in [0.4, 0.5) is 14.5 Å². The number of nitrogens with one attached hydrogen (secondary N) is 1. The molecule has 1 aliphatic heterocycles. The number of nitrogens with two attached hydrogens (primary N) is 1. The fraction of sp³-hybridized carbons (Fsp3) is 0.278. The predicted octanol–water partition coefficient (Wildman–Crippen LogP) is 2.75. The van der Waals surface area contributed by atoms with Crippen molar-refractivity contribution in [1.29, 1.82) is 0 Å². The molecule has 2 aromatic carbocycles. The summed E-state index contributed by atoms with van der Waals surface area (Å²) < 4.78 is 26.3. The Labute approximate surface area is 151 Å². The van der Waals surface area contributed by atoms with Gasteiger partial charge in [-0.25, -0.2) is 8.78 Å². The van der Waals surface area contributed by atoms with Crippen molar-refractivity contribution in [3.63, 3.8) is 0 Å². The summed E-state index contributed by atoms with van der Waals surface area (Å²) in [4.78, 5) is 14.1. The average Bonchev–Trinajstić information content (AvgIpc) is 2.87. The molecular weight excluding hydrogens is 348 g/mol. The summed E-state index contributed by atoms with van der Waals surface area (Å²) in [6.45, 7) is 1.41. The summed E-state index contributed by atoms with van der Waals surface area (Å²) in [6, 6.07) is 12.8. The lowest BCUT2D eigenvalue weighted by Gasteiger charge is -2.16. The van der Waals surface area contributed by atoms with E-state index in [-0.39, 0.29) is 42.5 Å². The Morgan fingerprint density at radius 1 is 1.12 bits per heavy atom. The molecule has 7 heteroatoms. The summed E-state index contributed by atoms with van der Waals surface area (Å²) in [5.41, 5.74) is 7.46. The largest absolute Gasteiger partial charge is 0.326 e. The highest BCUT2D eigenvalue weighted by Crippen LogP contribution is 2.26. The molecule has 3 rings (SSSR count). The number of benzene rings is 2. The van der Waals surface area contributed by atoms with Crippen molar-refractivity contribution in [3.8, 4) is 0 Å². The molecule has 134 valence electrons. The second-order valence-corrected chi connectivity index (χ2v) is 6.08. The van der Waals surface area contributed by atoms with Gasteiger partial charge in [-0.1, -0.05) is 30.3 Å². The number of hydrogen-bond donors (Lipinski definition) is 2. The summed E-state index contributed by atoms with van der Waals surface area (Å²) in [5.74, 6) is -1.60. The first-order valence-corrected chi connectivity index (χ1v) is 7.80. The van der Waals surface area contributed by atoms with E-state index in [1.165, 1.54) is 0 Å². The first-order valence-electron chi connectivity index (χ1n) is 7.80. The van der Waals surface area contributed by atoms with E-state index in [9.17, 15) is 13.6 Å². The van der Waals surface area contributed by atoms with Crippen LogP contribution in [-0.4, -0.2) is 36.5 Å². The Balaban J connectivity index is 0.00000225. The van der Waals surface area contributed by atoms with Gasteiger partial charge < -0.3 is 11.1 Å². The third-order valence-electron chi connectivity index (χ3n) is 4.18. The number of amides is 1. The smallest absolute Gasteiger partial charge is 0.238 e. The van der Waals surface area contributed by atoms with Crippen LogP contribution in [0.2, 0.25) is 0 Å². The van der Waals surface area contributed by atoms with Crippen LogP contribution in [0.5, 0.6) is 0 Å². The molecule has 0 saturated carbocycles. The van der Waals surface area contributed by atoms with Gasteiger partial charge in [0.1, 0.15) is 11.6 Å². The Bertz CT molecular complexity index is 709. The van der Waals surface area contributed by atoms with Crippen molar-refractivity contribution in [2.24, 2.45) is 5.73 Å². The molecule has 4 nitrogen and oxygen atoms in total. The number of rotatable bonds is 4. The van der Waals surface area contributed by atoms with E-state index < -0.39 is 11.6 Å². The normalized spacial score (nSPS) is 20.1. The second kappa shape index (κ2) is 8.38. The van der Waals surface area contributed by atoms with Gasteiger partial charge in [0.2, 0.25) is 5.91 Å². The van der Waals surface area contributed by atoms with Crippen molar-refractivity contribution < 1.29 is 13.6 Å². The molecule has 0 aliphatic carbocycles. The van der Waals surface area contributed by atoms with Crippen LogP contribution in [0.3, 0.4) is 0 Å². The number of halogens is 3. The molecule has 0 spiro atoms.